The number of nitrogens with zero attached hydrogens (tertiary/aromatic N) is 1. The van der Waals surface area contributed by atoms with Crippen molar-refractivity contribution in [2.75, 3.05) is 11.0 Å². The first kappa shape index (κ1) is 16.7. The summed E-state index contributed by atoms with van der Waals surface area (Å²) >= 11 is 7.93. The normalized spacial score (nSPS) is 16.4. The van der Waals surface area contributed by atoms with Crippen LogP contribution in [0.5, 0.6) is 0 Å². The molecule has 1 radical (unpaired) electrons. The number of anilines is 1. The van der Waals surface area contributed by atoms with Crippen LogP contribution in [0.25, 0.3) is 11.3 Å². The summed E-state index contributed by atoms with van der Waals surface area (Å²) in [6, 6.07) is 7.12. The van der Waals surface area contributed by atoms with Crippen LogP contribution in [0.2, 0.25) is 4.34 Å². The number of halogens is 1. The van der Waals surface area contributed by atoms with E-state index in [4.69, 9.17) is 16.6 Å². The summed E-state index contributed by atoms with van der Waals surface area (Å²) in [4.78, 5) is 4.74. The van der Waals surface area contributed by atoms with E-state index < -0.39 is 10.0 Å². The van der Waals surface area contributed by atoms with E-state index in [2.05, 4.69) is 11.1 Å². The average molecular weight is 370 g/mol. The molecule has 2 aromatic rings. The topological polar surface area (TPSA) is 59.1 Å². The Kier molecular flexibility index (Phi) is 4.94. The van der Waals surface area contributed by atoms with E-state index in [1.807, 2.05) is 12.1 Å². The van der Waals surface area contributed by atoms with Gasteiger partial charge in [0.05, 0.1) is 11.3 Å². The summed E-state index contributed by atoms with van der Waals surface area (Å²) in [5.74, 6) is 0.478. The van der Waals surface area contributed by atoms with Gasteiger partial charge in [-0.1, -0.05) is 36.6 Å². The van der Waals surface area contributed by atoms with Crippen LogP contribution < -0.4 is 4.72 Å². The van der Waals surface area contributed by atoms with Gasteiger partial charge in [-0.3, -0.25) is 4.72 Å². The Morgan fingerprint density at radius 3 is 2.65 bits per heavy atom. The Labute approximate surface area is 146 Å². The van der Waals surface area contributed by atoms with Gasteiger partial charge < -0.3 is 0 Å². The Morgan fingerprint density at radius 2 is 2.04 bits per heavy atom. The second-order valence-electron chi connectivity index (χ2n) is 5.78. The van der Waals surface area contributed by atoms with Crippen molar-refractivity contribution >= 4 is 38.6 Å². The molecule has 1 heterocycles. The lowest BCUT2D eigenvalue weighted by molar-refractivity contribution is 0.515. The fraction of sp³-hybridized carbons (Fsp3) is 0.375. The first-order valence-electron chi connectivity index (χ1n) is 7.48. The molecule has 1 aromatic carbocycles. The van der Waals surface area contributed by atoms with E-state index in [1.165, 1.54) is 12.8 Å². The zero-order chi connectivity index (χ0) is 16.4. The van der Waals surface area contributed by atoms with Crippen LogP contribution in [0.15, 0.2) is 24.3 Å². The first-order chi connectivity index (χ1) is 10.9. The highest BCUT2D eigenvalue weighted by Gasteiger charge is 2.21. The third-order valence-electron chi connectivity index (χ3n) is 3.83. The lowest BCUT2D eigenvalue weighted by Gasteiger charge is -2.18. The van der Waals surface area contributed by atoms with E-state index >= 15 is 0 Å². The minimum Gasteiger partial charge on any atom is -0.284 e. The Morgan fingerprint density at radius 1 is 1.30 bits per heavy atom. The van der Waals surface area contributed by atoms with E-state index in [0.29, 0.717) is 15.9 Å². The standard InChI is InChI=1S/C16H18ClN2O2S2/c1-23(20,21)19-13-9-7-11(8-10-13)14-15(17)22-16(18-14)12-5-3-2-4-6-12/h3,7-10,12,19H,2,4-6H2,1H3. The van der Waals surface area contributed by atoms with Crippen LogP contribution in [-0.2, 0) is 10.0 Å². The minimum absolute atomic E-state index is 0.478. The highest BCUT2D eigenvalue weighted by Crippen LogP contribution is 2.40. The van der Waals surface area contributed by atoms with Gasteiger partial charge in [0.15, 0.2) is 0 Å². The van der Waals surface area contributed by atoms with Gasteiger partial charge in [0.2, 0.25) is 10.0 Å². The fourth-order valence-electron chi connectivity index (χ4n) is 2.75. The van der Waals surface area contributed by atoms with Crippen LogP contribution in [0.1, 0.15) is 36.6 Å². The molecule has 1 aromatic heterocycles. The summed E-state index contributed by atoms with van der Waals surface area (Å²) in [6.45, 7) is 0. The predicted octanol–water partition coefficient (Wildman–Crippen LogP) is 4.70. The minimum atomic E-state index is -3.27. The average Bonchev–Trinajstić information content (AvgIpc) is 2.89. The van der Waals surface area contributed by atoms with Crippen molar-refractivity contribution in [1.29, 1.82) is 0 Å². The summed E-state index contributed by atoms with van der Waals surface area (Å²) in [5, 5.41) is 1.10. The van der Waals surface area contributed by atoms with Gasteiger partial charge in [-0.15, -0.1) is 11.3 Å². The van der Waals surface area contributed by atoms with Crippen molar-refractivity contribution in [3.8, 4) is 11.3 Å². The number of aromatic nitrogens is 1. The maximum absolute atomic E-state index is 11.2. The maximum atomic E-state index is 11.2. The van der Waals surface area contributed by atoms with Gasteiger partial charge in [-0.2, -0.15) is 0 Å². The van der Waals surface area contributed by atoms with Gasteiger partial charge in [0.25, 0.3) is 0 Å². The molecule has 1 saturated carbocycles. The van der Waals surface area contributed by atoms with Crippen LogP contribution in [-0.4, -0.2) is 19.7 Å². The third-order valence-corrected chi connectivity index (χ3v) is 5.85. The highest BCUT2D eigenvalue weighted by molar-refractivity contribution is 7.92. The van der Waals surface area contributed by atoms with Crippen molar-refractivity contribution in [3.05, 3.63) is 40.0 Å². The summed E-state index contributed by atoms with van der Waals surface area (Å²) in [5.41, 5.74) is 2.21. The molecule has 23 heavy (non-hydrogen) atoms. The number of rotatable bonds is 4. The van der Waals surface area contributed by atoms with Gasteiger partial charge in [0.1, 0.15) is 10.0 Å². The summed E-state index contributed by atoms with van der Waals surface area (Å²) in [7, 11) is -3.27. The smallest absolute Gasteiger partial charge is 0.229 e. The lowest BCUT2D eigenvalue weighted by atomic mass is 9.90. The first-order valence-corrected chi connectivity index (χ1v) is 10.6. The molecule has 0 bridgehead atoms. The van der Waals surface area contributed by atoms with Crippen LogP contribution >= 0.6 is 22.9 Å². The van der Waals surface area contributed by atoms with Crippen molar-refractivity contribution < 1.29 is 8.42 Å². The molecule has 1 aliphatic rings. The molecule has 1 fully saturated rings. The zero-order valence-electron chi connectivity index (χ0n) is 12.8. The molecule has 1 N–H and O–H groups in total. The molecule has 1 unspecified atom stereocenters. The molecule has 7 heteroatoms. The van der Waals surface area contributed by atoms with E-state index in [1.54, 1.807) is 23.5 Å². The number of thiazole rings is 1. The van der Waals surface area contributed by atoms with Crippen molar-refractivity contribution in [1.82, 2.24) is 4.98 Å². The molecule has 4 nitrogen and oxygen atoms in total. The Hall–Kier alpha value is -1.11. The van der Waals surface area contributed by atoms with Gasteiger partial charge >= 0.3 is 0 Å². The Bertz CT molecular complexity index is 779. The largest absolute Gasteiger partial charge is 0.284 e. The lowest BCUT2D eigenvalue weighted by Crippen LogP contribution is -2.09. The maximum Gasteiger partial charge on any atom is 0.229 e. The highest BCUT2D eigenvalue weighted by atomic mass is 35.5. The molecule has 1 atom stereocenters. The zero-order valence-corrected chi connectivity index (χ0v) is 15.1. The molecule has 3 rings (SSSR count). The van der Waals surface area contributed by atoms with E-state index in [9.17, 15) is 8.42 Å². The van der Waals surface area contributed by atoms with E-state index in [-0.39, 0.29) is 0 Å². The molecule has 123 valence electrons. The molecule has 0 amide bonds. The number of benzene rings is 1. The van der Waals surface area contributed by atoms with Crippen LogP contribution in [0, 0.1) is 6.42 Å². The number of nitrogens with one attached hydrogen (secondary N) is 1. The molecule has 0 saturated heterocycles. The predicted molar refractivity (Wildman–Crippen MR) is 96.5 cm³/mol. The monoisotopic (exact) mass is 369 g/mol. The van der Waals surface area contributed by atoms with E-state index in [0.717, 1.165) is 35.4 Å². The van der Waals surface area contributed by atoms with Gasteiger partial charge in [0, 0.05) is 17.2 Å². The molecule has 1 aliphatic carbocycles. The third kappa shape index (κ3) is 4.25. The van der Waals surface area contributed by atoms with Crippen LogP contribution in [0.3, 0.4) is 0 Å². The quantitative estimate of drug-likeness (QED) is 0.849. The Balaban J connectivity index is 1.82. The number of hydrogen-bond acceptors (Lipinski definition) is 4. The van der Waals surface area contributed by atoms with Crippen molar-refractivity contribution in [2.45, 2.75) is 31.6 Å². The SMILES string of the molecule is CS(=O)(=O)Nc1ccc(-c2nc(C3C[CH]CCC3)sc2Cl)cc1. The number of hydrogen-bond donors (Lipinski definition) is 1. The van der Waals surface area contributed by atoms with Crippen molar-refractivity contribution in [2.24, 2.45) is 0 Å². The van der Waals surface area contributed by atoms with Crippen molar-refractivity contribution in [3.63, 3.8) is 0 Å². The van der Waals surface area contributed by atoms with Gasteiger partial charge in [-0.25, -0.2) is 13.4 Å². The molecule has 0 spiro atoms. The second kappa shape index (κ2) is 6.79. The van der Waals surface area contributed by atoms with Crippen LogP contribution in [0.4, 0.5) is 5.69 Å². The summed E-state index contributed by atoms with van der Waals surface area (Å²) in [6.07, 6.45) is 8.10. The second-order valence-corrected chi connectivity index (χ2v) is 9.16. The molecule has 0 aliphatic heterocycles. The molecular formula is C16H18ClN2O2S2. The summed E-state index contributed by atoms with van der Waals surface area (Å²) < 4.78 is 25.6. The molecular weight excluding hydrogens is 352 g/mol. The fourth-order valence-corrected chi connectivity index (χ4v) is 4.66. The van der Waals surface area contributed by atoms with Gasteiger partial charge in [-0.05, 0) is 31.4 Å². The number of sulfonamides is 1.